The molecule has 0 radical (unpaired) electrons. The Labute approximate surface area is 116 Å². The van der Waals surface area contributed by atoms with Gasteiger partial charge in [-0.25, -0.2) is 9.67 Å². The SMILES string of the molecule is CC(C)n1ncnc1CC(O)c1cc2ccccc2o1. The molecule has 2 aromatic heterocycles. The van der Waals surface area contributed by atoms with Crippen LogP contribution in [0.25, 0.3) is 11.0 Å². The molecule has 104 valence electrons. The number of rotatable bonds is 4. The standard InChI is InChI=1S/C15H17N3O2/c1-10(2)18-15(16-9-17-18)8-12(19)14-7-11-5-3-4-6-13(11)20-14/h3-7,9-10,12,19H,8H2,1-2H3. The number of nitrogens with zero attached hydrogens (tertiary/aromatic N) is 3. The Morgan fingerprint density at radius 3 is 2.85 bits per heavy atom. The van der Waals surface area contributed by atoms with E-state index in [0.29, 0.717) is 12.2 Å². The van der Waals surface area contributed by atoms with Crippen molar-refractivity contribution >= 4 is 11.0 Å². The zero-order valence-electron chi connectivity index (χ0n) is 11.5. The monoisotopic (exact) mass is 271 g/mol. The Balaban J connectivity index is 1.85. The van der Waals surface area contributed by atoms with E-state index in [1.165, 1.54) is 6.33 Å². The van der Waals surface area contributed by atoms with Crippen LogP contribution in [0.1, 0.15) is 37.6 Å². The van der Waals surface area contributed by atoms with Gasteiger partial charge in [0, 0.05) is 17.8 Å². The lowest BCUT2D eigenvalue weighted by molar-refractivity contribution is 0.148. The second-order valence-electron chi connectivity index (χ2n) is 5.12. The maximum absolute atomic E-state index is 10.3. The molecular weight excluding hydrogens is 254 g/mol. The third-order valence-electron chi connectivity index (χ3n) is 3.29. The molecular formula is C15H17N3O2. The molecule has 0 fully saturated rings. The molecule has 5 heteroatoms. The predicted molar refractivity (Wildman–Crippen MR) is 75.3 cm³/mol. The molecule has 1 atom stereocenters. The topological polar surface area (TPSA) is 64.1 Å². The first-order valence-corrected chi connectivity index (χ1v) is 6.70. The summed E-state index contributed by atoms with van der Waals surface area (Å²) in [5, 5.41) is 15.5. The molecule has 0 aliphatic rings. The minimum Gasteiger partial charge on any atom is -0.458 e. The molecule has 1 aromatic carbocycles. The number of fused-ring (bicyclic) bond motifs is 1. The van der Waals surface area contributed by atoms with E-state index in [4.69, 9.17) is 4.42 Å². The van der Waals surface area contributed by atoms with Crippen molar-refractivity contribution in [3.63, 3.8) is 0 Å². The molecule has 2 heterocycles. The Hall–Kier alpha value is -2.14. The van der Waals surface area contributed by atoms with Crippen LogP contribution < -0.4 is 0 Å². The number of aliphatic hydroxyl groups is 1. The zero-order valence-corrected chi connectivity index (χ0v) is 11.5. The van der Waals surface area contributed by atoms with Crippen LogP contribution in [0.2, 0.25) is 0 Å². The first-order chi connectivity index (χ1) is 9.65. The Morgan fingerprint density at radius 2 is 2.10 bits per heavy atom. The van der Waals surface area contributed by atoms with Crippen LogP contribution in [-0.4, -0.2) is 19.9 Å². The van der Waals surface area contributed by atoms with E-state index in [1.54, 1.807) is 0 Å². The first-order valence-electron chi connectivity index (χ1n) is 6.70. The van der Waals surface area contributed by atoms with Crippen molar-refractivity contribution in [1.82, 2.24) is 14.8 Å². The predicted octanol–water partition coefficient (Wildman–Crippen LogP) is 2.88. The number of hydrogen-bond acceptors (Lipinski definition) is 4. The van der Waals surface area contributed by atoms with Crippen LogP contribution >= 0.6 is 0 Å². The lowest BCUT2D eigenvalue weighted by Crippen LogP contribution is -2.11. The second kappa shape index (κ2) is 5.09. The minimum atomic E-state index is -0.718. The highest BCUT2D eigenvalue weighted by Gasteiger charge is 2.18. The van der Waals surface area contributed by atoms with E-state index in [1.807, 2.05) is 48.9 Å². The van der Waals surface area contributed by atoms with E-state index in [9.17, 15) is 5.11 Å². The summed E-state index contributed by atoms with van der Waals surface area (Å²) in [4.78, 5) is 4.21. The van der Waals surface area contributed by atoms with Crippen LogP contribution in [0.5, 0.6) is 0 Å². The number of furan rings is 1. The van der Waals surface area contributed by atoms with Gasteiger partial charge in [0.2, 0.25) is 0 Å². The van der Waals surface area contributed by atoms with Crippen LogP contribution in [0, 0.1) is 0 Å². The highest BCUT2D eigenvalue weighted by Crippen LogP contribution is 2.25. The largest absolute Gasteiger partial charge is 0.458 e. The molecule has 5 nitrogen and oxygen atoms in total. The molecule has 3 aromatic rings. The molecule has 0 saturated carbocycles. The van der Waals surface area contributed by atoms with Gasteiger partial charge in [0.25, 0.3) is 0 Å². The fourth-order valence-corrected chi connectivity index (χ4v) is 2.29. The van der Waals surface area contributed by atoms with E-state index in [-0.39, 0.29) is 6.04 Å². The summed E-state index contributed by atoms with van der Waals surface area (Å²) in [5.74, 6) is 1.32. The Morgan fingerprint density at radius 1 is 1.30 bits per heavy atom. The van der Waals surface area contributed by atoms with E-state index in [2.05, 4.69) is 10.1 Å². The highest BCUT2D eigenvalue weighted by atomic mass is 16.4. The van der Waals surface area contributed by atoms with E-state index >= 15 is 0 Å². The molecule has 20 heavy (non-hydrogen) atoms. The van der Waals surface area contributed by atoms with Gasteiger partial charge in [-0.05, 0) is 26.0 Å². The van der Waals surface area contributed by atoms with Crippen molar-refractivity contribution in [2.45, 2.75) is 32.4 Å². The summed E-state index contributed by atoms with van der Waals surface area (Å²) in [7, 11) is 0. The summed E-state index contributed by atoms with van der Waals surface area (Å²) in [6.07, 6.45) is 1.18. The van der Waals surface area contributed by atoms with Gasteiger partial charge in [0.05, 0.1) is 0 Å². The van der Waals surface area contributed by atoms with Gasteiger partial charge in [0.1, 0.15) is 29.6 Å². The van der Waals surface area contributed by atoms with Crippen molar-refractivity contribution in [2.24, 2.45) is 0 Å². The van der Waals surface area contributed by atoms with Gasteiger partial charge < -0.3 is 9.52 Å². The average Bonchev–Trinajstić information content (AvgIpc) is 3.03. The molecule has 0 spiro atoms. The van der Waals surface area contributed by atoms with Crippen LogP contribution in [-0.2, 0) is 6.42 Å². The van der Waals surface area contributed by atoms with Crippen LogP contribution in [0.15, 0.2) is 41.1 Å². The van der Waals surface area contributed by atoms with Crippen molar-refractivity contribution in [1.29, 1.82) is 0 Å². The Kier molecular flexibility index (Phi) is 3.28. The maximum atomic E-state index is 10.3. The zero-order chi connectivity index (χ0) is 14.1. The number of aromatic nitrogens is 3. The van der Waals surface area contributed by atoms with E-state index in [0.717, 1.165) is 16.8 Å². The van der Waals surface area contributed by atoms with Gasteiger partial charge in [0.15, 0.2) is 0 Å². The summed E-state index contributed by atoms with van der Waals surface area (Å²) in [6.45, 7) is 4.07. The third-order valence-corrected chi connectivity index (χ3v) is 3.29. The minimum absolute atomic E-state index is 0.218. The molecule has 1 unspecified atom stereocenters. The van der Waals surface area contributed by atoms with Crippen LogP contribution in [0.4, 0.5) is 0 Å². The maximum Gasteiger partial charge on any atom is 0.138 e. The molecule has 0 bridgehead atoms. The first kappa shape index (κ1) is 12.9. The van der Waals surface area contributed by atoms with Gasteiger partial charge in [-0.3, -0.25) is 0 Å². The number of para-hydroxylation sites is 1. The molecule has 3 rings (SSSR count). The fourth-order valence-electron chi connectivity index (χ4n) is 2.29. The van der Waals surface area contributed by atoms with Gasteiger partial charge >= 0.3 is 0 Å². The van der Waals surface area contributed by atoms with Gasteiger partial charge in [-0.1, -0.05) is 18.2 Å². The molecule has 0 aliphatic heterocycles. The molecule has 0 aliphatic carbocycles. The van der Waals surface area contributed by atoms with Gasteiger partial charge in [-0.15, -0.1) is 0 Å². The number of hydrogen-bond donors (Lipinski definition) is 1. The van der Waals surface area contributed by atoms with E-state index < -0.39 is 6.10 Å². The molecule has 1 N–H and O–H groups in total. The fraction of sp³-hybridized carbons (Fsp3) is 0.333. The smallest absolute Gasteiger partial charge is 0.138 e. The summed E-state index contributed by atoms with van der Waals surface area (Å²) < 4.78 is 7.48. The second-order valence-corrected chi connectivity index (χ2v) is 5.12. The lowest BCUT2D eigenvalue weighted by atomic mass is 10.1. The van der Waals surface area contributed by atoms with Gasteiger partial charge in [-0.2, -0.15) is 5.10 Å². The lowest BCUT2D eigenvalue weighted by Gasteiger charge is -2.11. The third kappa shape index (κ3) is 2.32. The molecule has 0 amide bonds. The quantitative estimate of drug-likeness (QED) is 0.792. The van der Waals surface area contributed by atoms with Crippen molar-refractivity contribution in [2.75, 3.05) is 0 Å². The number of aliphatic hydroxyl groups excluding tert-OH is 1. The number of benzene rings is 1. The van der Waals surface area contributed by atoms with Crippen molar-refractivity contribution in [3.05, 3.63) is 48.2 Å². The Bertz CT molecular complexity index is 682. The normalized spacial score (nSPS) is 13.2. The summed E-state index contributed by atoms with van der Waals surface area (Å²) >= 11 is 0. The summed E-state index contributed by atoms with van der Waals surface area (Å²) in [6, 6.07) is 9.81. The van der Waals surface area contributed by atoms with Crippen molar-refractivity contribution in [3.8, 4) is 0 Å². The highest BCUT2D eigenvalue weighted by molar-refractivity contribution is 5.77. The molecule has 0 saturated heterocycles. The van der Waals surface area contributed by atoms with Crippen LogP contribution in [0.3, 0.4) is 0 Å². The van der Waals surface area contributed by atoms with Crippen molar-refractivity contribution < 1.29 is 9.52 Å². The average molecular weight is 271 g/mol. The summed E-state index contributed by atoms with van der Waals surface area (Å²) in [5.41, 5.74) is 0.784.